The smallest absolute Gasteiger partial charge is 0.211 e. The van der Waals surface area contributed by atoms with Gasteiger partial charge < -0.3 is 14.1 Å². The zero-order valence-corrected chi connectivity index (χ0v) is 14.4. The second-order valence-corrected chi connectivity index (χ2v) is 6.50. The van der Waals surface area contributed by atoms with Crippen LogP contribution in [0, 0.1) is 0 Å². The van der Waals surface area contributed by atoms with Crippen LogP contribution in [-0.2, 0) is 0 Å². The zero-order chi connectivity index (χ0) is 15.7. The second kappa shape index (κ2) is 6.40. The number of fused-ring (bicyclic) bond motifs is 1. The monoisotopic (exact) mass is 366 g/mol. The van der Waals surface area contributed by atoms with Crippen LogP contribution in [0.2, 0.25) is 0 Å². The Hall–Kier alpha value is -1.37. The number of halogens is 1. The van der Waals surface area contributed by atoms with Gasteiger partial charge in [0.25, 0.3) is 0 Å². The molecule has 5 nitrogen and oxygen atoms in total. The Morgan fingerprint density at radius 1 is 1.27 bits per heavy atom. The third kappa shape index (κ3) is 3.19. The van der Waals surface area contributed by atoms with Crippen molar-refractivity contribution in [2.45, 2.75) is 0 Å². The van der Waals surface area contributed by atoms with Crippen molar-refractivity contribution >= 4 is 32.7 Å². The number of likely N-dealkylation sites (N-methyl/N-ethyl adjacent to an activating group) is 1. The predicted octanol–water partition coefficient (Wildman–Crippen LogP) is 2.63. The second-order valence-electron chi connectivity index (χ2n) is 5.64. The van der Waals surface area contributed by atoms with Gasteiger partial charge in [0.05, 0.1) is 18.1 Å². The number of benzene rings is 1. The molecule has 1 aliphatic rings. The summed E-state index contributed by atoms with van der Waals surface area (Å²) in [5.41, 5.74) is 0.683. The lowest BCUT2D eigenvalue weighted by atomic mass is 10.2. The normalized spacial score (nSPS) is 17.0. The van der Waals surface area contributed by atoms with Gasteiger partial charge in [0.2, 0.25) is 5.78 Å². The van der Waals surface area contributed by atoms with E-state index in [1.807, 2.05) is 12.1 Å². The largest absolute Gasteiger partial charge is 0.497 e. The van der Waals surface area contributed by atoms with E-state index in [0.29, 0.717) is 17.9 Å². The Balaban J connectivity index is 1.78. The summed E-state index contributed by atoms with van der Waals surface area (Å²) >= 11 is 3.46. The molecule has 1 aliphatic heterocycles. The molecule has 118 valence electrons. The zero-order valence-electron chi connectivity index (χ0n) is 12.8. The van der Waals surface area contributed by atoms with Crippen molar-refractivity contribution in [3.8, 4) is 5.75 Å². The van der Waals surface area contributed by atoms with Crippen molar-refractivity contribution in [1.29, 1.82) is 0 Å². The molecule has 1 saturated heterocycles. The molecule has 22 heavy (non-hydrogen) atoms. The molecule has 0 radical (unpaired) electrons. The number of Topliss-reactive ketones (excluding diaryl/α,β-unsaturated/α-hetero) is 1. The molecule has 0 aliphatic carbocycles. The molecule has 0 saturated carbocycles. The first-order chi connectivity index (χ1) is 10.6. The van der Waals surface area contributed by atoms with Crippen molar-refractivity contribution in [2.75, 3.05) is 46.9 Å². The molecule has 2 aromatic rings. The summed E-state index contributed by atoms with van der Waals surface area (Å²) in [6.45, 7) is 4.23. The fourth-order valence-corrected chi connectivity index (χ4v) is 3.16. The molecule has 3 rings (SSSR count). The van der Waals surface area contributed by atoms with E-state index in [2.05, 4.69) is 32.8 Å². The highest BCUT2D eigenvalue weighted by atomic mass is 79.9. The lowest BCUT2D eigenvalue weighted by Crippen LogP contribution is -2.46. The maximum absolute atomic E-state index is 12.4. The van der Waals surface area contributed by atoms with Crippen LogP contribution in [-0.4, -0.2) is 62.5 Å². The first-order valence-corrected chi connectivity index (χ1v) is 8.07. The molecule has 1 aromatic carbocycles. The van der Waals surface area contributed by atoms with Gasteiger partial charge in [-0.2, -0.15) is 0 Å². The Bertz CT molecular complexity index is 690. The molecule has 0 atom stereocenters. The van der Waals surface area contributed by atoms with Gasteiger partial charge in [0, 0.05) is 31.6 Å². The molecule has 0 unspecified atom stereocenters. The summed E-state index contributed by atoms with van der Waals surface area (Å²) in [7, 11) is 3.72. The van der Waals surface area contributed by atoms with E-state index >= 15 is 0 Å². The Labute approximate surface area is 137 Å². The van der Waals surface area contributed by atoms with Crippen molar-refractivity contribution in [3.63, 3.8) is 0 Å². The van der Waals surface area contributed by atoms with E-state index in [1.165, 1.54) is 0 Å². The van der Waals surface area contributed by atoms with E-state index < -0.39 is 0 Å². The standard InChI is InChI=1S/C16H19BrN2O3/c1-18-3-5-19(6-4-18)10-14(20)15-8-11-7-12(21-2)9-13(17)16(11)22-15/h7-9H,3-6,10H2,1-2H3. The van der Waals surface area contributed by atoms with Gasteiger partial charge in [0.1, 0.15) is 11.3 Å². The lowest BCUT2D eigenvalue weighted by molar-refractivity contribution is 0.0852. The number of ketones is 1. The van der Waals surface area contributed by atoms with Gasteiger partial charge in [-0.25, -0.2) is 0 Å². The number of furan rings is 1. The van der Waals surface area contributed by atoms with Gasteiger partial charge >= 0.3 is 0 Å². The minimum absolute atomic E-state index is 0.0200. The number of nitrogens with zero attached hydrogens (tertiary/aromatic N) is 2. The van der Waals surface area contributed by atoms with Crippen LogP contribution >= 0.6 is 15.9 Å². The molecule has 0 spiro atoms. The summed E-state index contributed by atoms with van der Waals surface area (Å²) in [5, 5.41) is 0.868. The van der Waals surface area contributed by atoms with E-state index in [-0.39, 0.29) is 5.78 Å². The lowest BCUT2D eigenvalue weighted by Gasteiger charge is -2.31. The highest BCUT2D eigenvalue weighted by molar-refractivity contribution is 9.10. The molecule has 2 heterocycles. The quantitative estimate of drug-likeness (QED) is 0.778. The van der Waals surface area contributed by atoms with E-state index in [1.54, 1.807) is 13.2 Å². The Kier molecular flexibility index (Phi) is 4.52. The number of carbonyl (C=O) groups excluding carboxylic acids is 1. The van der Waals surface area contributed by atoms with Crippen molar-refractivity contribution < 1.29 is 13.9 Å². The Morgan fingerprint density at radius 3 is 2.68 bits per heavy atom. The SMILES string of the molecule is COc1cc(Br)c2oc(C(=O)CN3CCN(C)CC3)cc2c1. The molecule has 1 aromatic heterocycles. The molecule has 6 heteroatoms. The van der Waals surface area contributed by atoms with Gasteiger partial charge in [-0.1, -0.05) is 0 Å². The number of ether oxygens (including phenoxy) is 1. The highest BCUT2D eigenvalue weighted by Gasteiger charge is 2.20. The van der Waals surface area contributed by atoms with Crippen LogP contribution in [0.3, 0.4) is 0 Å². The van der Waals surface area contributed by atoms with Crippen molar-refractivity contribution in [2.24, 2.45) is 0 Å². The molecular formula is C16H19BrN2O3. The first-order valence-electron chi connectivity index (χ1n) is 7.28. The van der Waals surface area contributed by atoms with Crippen molar-refractivity contribution in [3.05, 3.63) is 28.4 Å². The number of rotatable bonds is 4. The summed E-state index contributed by atoms with van der Waals surface area (Å²) in [6, 6.07) is 5.50. The molecule has 0 bridgehead atoms. The minimum atomic E-state index is 0.0200. The number of hydrogen-bond donors (Lipinski definition) is 0. The molecule has 1 fully saturated rings. The maximum Gasteiger partial charge on any atom is 0.211 e. The Morgan fingerprint density at radius 2 is 2.00 bits per heavy atom. The summed E-state index contributed by atoms with van der Waals surface area (Å²) in [5.74, 6) is 1.16. The van der Waals surface area contributed by atoms with Crippen LogP contribution in [0.25, 0.3) is 11.0 Å². The van der Waals surface area contributed by atoms with Crippen LogP contribution < -0.4 is 4.74 Å². The van der Waals surface area contributed by atoms with Gasteiger partial charge in [-0.3, -0.25) is 9.69 Å². The minimum Gasteiger partial charge on any atom is -0.497 e. The predicted molar refractivity (Wildman–Crippen MR) is 88.7 cm³/mol. The van der Waals surface area contributed by atoms with Crippen LogP contribution in [0.15, 0.2) is 27.1 Å². The van der Waals surface area contributed by atoms with E-state index in [4.69, 9.17) is 9.15 Å². The molecular weight excluding hydrogens is 348 g/mol. The highest BCUT2D eigenvalue weighted by Crippen LogP contribution is 2.32. The van der Waals surface area contributed by atoms with E-state index in [9.17, 15) is 4.79 Å². The first kappa shape index (κ1) is 15.5. The van der Waals surface area contributed by atoms with Crippen LogP contribution in [0.5, 0.6) is 5.75 Å². The fraction of sp³-hybridized carbons (Fsp3) is 0.438. The summed E-state index contributed by atoms with van der Waals surface area (Å²) < 4.78 is 11.8. The van der Waals surface area contributed by atoms with E-state index in [0.717, 1.165) is 41.8 Å². The number of piperazine rings is 1. The van der Waals surface area contributed by atoms with Crippen molar-refractivity contribution in [1.82, 2.24) is 9.80 Å². The van der Waals surface area contributed by atoms with Gasteiger partial charge in [0.15, 0.2) is 5.76 Å². The van der Waals surface area contributed by atoms with Crippen LogP contribution in [0.1, 0.15) is 10.6 Å². The average molecular weight is 367 g/mol. The maximum atomic E-state index is 12.4. The fourth-order valence-electron chi connectivity index (χ4n) is 2.63. The summed E-state index contributed by atoms with van der Waals surface area (Å²) in [6.07, 6.45) is 0. The third-order valence-corrected chi connectivity index (χ3v) is 4.61. The topological polar surface area (TPSA) is 45.9 Å². The number of methoxy groups -OCH3 is 1. The van der Waals surface area contributed by atoms with Gasteiger partial charge in [-0.15, -0.1) is 0 Å². The molecule has 0 N–H and O–H groups in total. The summed E-state index contributed by atoms with van der Waals surface area (Å²) in [4.78, 5) is 16.9. The van der Waals surface area contributed by atoms with Crippen LogP contribution in [0.4, 0.5) is 0 Å². The third-order valence-electron chi connectivity index (χ3n) is 4.02. The molecule has 0 amide bonds. The number of hydrogen-bond acceptors (Lipinski definition) is 5. The van der Waals surface area contributed by atoms with Gasteiger partial charge in [-0.05, 0) is 41.2 Å². The average Bonchev–Trinajstić information content (AvgIpc) is 2.94. The number of carbonyl (C=O) groups is 1.